The second-order valence-corrected chi connectivity index (χ2v) is 8.87. The Bertz CT molecular complexity index is 1200. The number of nitriles is 1. The molecular formula is C27H34N6OS. The predicted molar refractivity (Wildman–Crippen MR) is 145 cm³/mol. The van der Waals surface area contributed by atoms with Crippen molar-refractivity contribution in [3.05, 3.63) is 70.0 Å². The van der Waals surface area contributed by atoms with E-state index in [9.17, 15) is 10.1 Å². The minimum absolute atomic E-state index is 0.152. The maximum absolute atomic E-state index is 11.3. The lowest BCUT2D eigenvalue weighted by molar-refractivity contribution is -0.114. The number of guanidine groups is 1. The summed E-state index contributed by atoms with van der Waals surface area (Å²) < 4.78 is 0. The topological polar surface area (TPSA) is 98.6 Å². The first-order chi connectivity index (χ1) is 16.8. The monoisotopic (exact) mass is 490 g/mol. The van der Waals surface area contributed by atoms with Gasteiger partial charge in [-0.05, 0) is 59.7 Å². The smallest absolute Gasteiger partial charge is 0.216 e. The van der Waals surface area contributed by atoms with E-state index in [0.29, 0.717) is 24.9 Å². The van der Waals surface area contributed by atoms with Gasteiger partial charge in [-0.25, -0.2) is 9.98 Å². The van der Waals surface area contributed by atoms with Crippen LogP contribution in [0, 0.1) is 18.3 Å². The van der Waals surface area contributed by atoms with Crippen LogP contribution in [0.1, 0.15) is 43.2 Å². The van der Waals surface area contributed by atoms with Gasteiger partial charge in [0.05, 0.1) is 11.6 Å². The van der Waals surface area contributed by atoms with Gasteiger partial charge in [0.15, 0.2) is 5.96 Å². The highest BCUT2D eigenvalue weighted by Crippen LogP contribution is 2.39. The number of thiophene rings is 1. The van der Waals surface area contributed by atoms with Crippen LogP contribution in [-0.4, -0.2) is 42.9 Å². The third-order valence-electron chi connectivity index (χ3n) is 5.66. The number of anilines is 1. The Labute approximate surface area is 212 Å². The molecule has 0 radical (unpaired) electrons. The quantitative estimate of drug-likeness (QED) is 0.267. The van der Waals surface area contributed by atoms with Crippen LogP contribution >= 0.6 is 11.3 Å². The van der Waals surface area contributed by atoms with Crippen LogP contribution in [0.4, 0.5) is 5.82 Å². The number of benzene rings is 1. The predicted octanol–water partition coefficient (Wildman–Crippen LogP) is 5.16. The molecule has 8 heteroatoms. The largest absolute Gasteiger partial charge is 0.369 e. The van der Waals surface area contributed by atoms with E-state index in [2.05, 4.69) is 34.3 Å². The number of aromatic nitrogens is 1. The highest BCUT2D eigenvalue weighted by atomic mass is 32.1. The number of likely N-dealkylation sites (N-methyl/N-ethyl adjacent to an activating group) is 1. The number of pyridine rings is 1. The summed E-state index contributed by atoms with van der Waals surface area (Å²) >= 11 is 1.59. The Morgan fingerprint density at radius 1 is 1.23 bits per heavy atom. The summed E-state index contributed by atoms with van der Waals surface area (Å²) in [5, 5.41) is 11.3. The van der Waals surface area contributed by atoms with E-state index >= 15 is 0 Å². The van der Waals surface area contributed by atoms with Gasteiger partial charge in [0.2, 0.25) is 6.41 Å². The number of nitrogens with two attached hydrogens (primary N) is 1. The van der Waals surface area contributed by atoms with Crippen molar-refractivity contribution in [2.24, 2.45) is 10.7 Å². The van der Waals surface area contributed by atoms with Gasteiger partial charge in [-0.2, -0.15) is 5.26 Å². The summed E-state index contributed by atoms with van der Waals surface area (Å²) in [7, 11) is 3.58. The molecule has 35 heavy (non-hydrogen) atoms. The fourth-order valence-corrected chi connectivity index (χ4v) is 4.86. The molecule has 3 rings (SSSR count). The highest BCUT2D eigenvalue weighted by molar-refractivity contribution is 7.10. The molecule has 1 aromatic carbocycles. The van der Waals surface area contributed by atoms with Gasteiger partial charge >= 0.3 is 0 Å². The molecule has 0 aliphatic heterocycles. The second kappa shape index (κ2) is 12.7. The summed E-state index contributed by atoms with van der Waals surface area (Å²) in [5.41, 5.74) is 9.17. The average Bonchev–Trinajstić information content (AvgIpc) is 3.40. The SMILES string of the molecule is CC.CCC(CN(C)c1ncccc1C)(N=C(N)N(C)C=O)c1cc(-c2cccc(C#N)c2)cs1. The van der Waals surface area contributed by atoms with Gasteiger partial charge in [0.1, 0.15) is 11.4 Å². The van der Waals surface area contributed by atoms with Gasteiger partial charge in [0, 0.05) is 31.7 Å². The minimum atomic E-state index is -0.699. The molecule has 2 heterocycles. The van der Waals surface area contributed by atoms with E-state index in [4.69, 9.17) is 10.7 Å². The standard InChI is InChI=1S/C25H28N6OS.C2H6/c1-5-25(29-24(27)31(4)17-32,16-30(3)23-18(2)8-7-11-28-23)22-13-21(15-33-22)20-10-6-9-19(12-20)14-26;1-2/h6-13,15,17H,5,16H2,1-4H3,(H2,27,29);1-2H3. The zero-order chi connectivity index (χ0) is 26.0. The molecular weight excluding hydrogens is 456 g/mol. The Morgan fingerprint density at radius 3 is 2.60 bits per heavy atom. The van der Waals surface area contributed by atoms with Crippen molar-refractivity contribution < 1.29 is 4.79 Å². The number of hydrogen-bond acceptors (Lipinski definition) is 6. The number of rotatable bonds is 8. The Kier molecular flexibility index (Phi) is 9.98. The number of amides is 1. The van der Waals surface area contributed by atoms with Crippen LogP contribution in [0.3, 0.4) is 0 Å². The molecule has 184 valence electrons. The van der Waals surface area contributed by atoms with Crippen LogP contribution in [0.5, 0.6) is 0 Å². The third-order valence-corrected chi connectivity index (χ3v) is 6.78. The van der Waals surface area contributed by atoms with Gasteiger partial charge in [0.25, 0.3) is 0 Å². The van der Waals surface area contributed by atoms with E-state index < -0.39 is 5.54 Å². The number of hydrogen-bond donors (Lipinski definition) is 1. The first-order valence-corrected chi connectivity index (χ1v) is 12.5. The molecule has 2 N–H and O–H groups in total. The first kappa shape index (κ1) is 27.5. The van der Waals surface area contributed by atoms with E-state index in [1.807, 2.05) is 58.2 Å². The van der Waals surface area contributed by atoms with Crippen LogP contribution in [0.2, 0.25) is 0 Å². The van der Waals surface area contributed by atoms with Crippen molar-refractivity contribution in [2.75, 3.05) is 25.5 Å². The molecule has 0 bridgehead atoms. The lowest BCUT2D eigenvalue weighted by atomic mass is 9.92. The lowest BCUT2D eigenvalue weighted by Gasteiger charge is -2.34. The fourth-order valence-electron chi connectivity index (χ4n) is 3.73. The van der Waals surface area contributed by atoms with Crippen LogP contribution in [0.15, 0.2) is 59.0 Å². The first-order valence-electron chi connectivity index (χ1n) is 11.6. The van der Waals surface area contributed by atoms with Crippen LogP contribution in [-0.2, 0) is 10.3 Å². The van der Waals surface area contributed by atoms with Crippen molar-refractivity contribution in [3.8, 4) is 17.2 Å². The second-order valence-electron chi connectivity index (χ2n) is 7.96. The van der Waals surface area contributed by atoms with E-state index in [1.165, 1.54) is 4.90 Å². The lowest BCUT2D eigenvalue weighted by Crippen LogP contribution is -2.42. The molecule has 2 aromatic heterocycles. The maximum atomic E-state index is 11.3. The summed E-state index contributed by atoms with van der Waals surface area (Å²) in [6, 6.07) is 15.8. The van der Waals surface area contributed by atoms with E-state index in [-0.39, 0.29) is 5.96 Å². The summed E-state index contributed by atoms with van der Waals surface area (Å²) in [6.07, 6.45) is 3.09. The van der Waals surface area contributed by atoms with Crippen molar-refractivity contribution in [2.45, 2.75) is 39.7 Å². The summed E-state index contributed by atoms with van der Waals surface area (Å²) in [5.74, 6) is 1.02. The van der Waals surface area contributed by atoms with Crippen molar-refractivity contribution in [3.63, 3.8) is 0 Å². The Hall–Kier alpha value is -3.70. The summed E-state index contributed by atoms with van der Waals surface area (Å²) in [4.78, 5) is 25.1. The Morgan fingerprint density at radius 2 is 1.97 bits per heavy atom. The summed E-state index contributed by atoms with van der Waals surface area (Å²) in [6.45, 7) is 8.61. The molecule has 1 amide bonds. The molecule has 7 nitrogen and oxygen atoms in total. The number of carbonyl (C=O) groups excluding carboxylic acids is 1. The number of nitrogens with zero attached hydrogens (tertiary/aromatic N) is 5. The van der Waals surface area contributed by atoms with Crippen molar-refractivity contribution in [1.29, 1.82) is 5.26 Å². The average molecular weight is 491 g/mol. The minimum Gasteiger partial charge on any atom is -0.369 e. The highest BCUT2D eigenvalue weighted by Gasteiger charge is 2.35. The van der Waals surface area contributed by atoms with E-state index in [0.717, 1.165) is 27.4 Å². The molecule has 1 unspecified atom stereocenters. The van der Waals surface area contributed by atoms with Crippen molar-refractivity contribution >= 4 is 29.5 Å². The van der Waals surface area contributed by atoms with Gasteiger partial charge in [-0.1, -0.05) is 39.0 Å². The molecule has 0 aliphatic carbocycles. The Balaban J connectivity index is 0.00000210. The van der Waals surface area contributed by atoms with Gasteiger partial charge in [-0.3, -0.25) is 9.69 Å². The zero-order valence-electron chi connectivity index (χ0n) is 21.3. The maximum Gasteiger partial charge on any atom is 0.216 e. The molecule has 0 aliphatic rings. The molecule has 3 aromatic rings. The molecule has 1 atom stereocenters. The molecule has 0 fully saturated rings. The van der Waals surface area contributed by atoms with E-state index in [1.54, 1.807) is 30.6 Å². The van der Waals surface area contributed by atoms with Crippen LogP contribution in [0.25, 0.3) is 11.1 Å². The van der Waals surface area contributed by atoms with Gasteiger partial charge in [-0.15, -0.1) is 11.3 Å². The molecule has 0 spiro atoms. The van der Waals surface area contributed by atoms with Gasteiger partial charge < -0.3 is 10.6 Å². The number of aryl methyl sites for hydroxylation is 1. The molecule has 0 saturated carbocycles. The normalized spacial score (nSPS) is 12.5. The molecule has 0 saturated heterocycles. The number of carbonyl (C=O) groups is 1. The fraction of sp³-hybridized carbons (Fsp3) is 0.333. The zero-order valence-corrected chi connectivity index (χ0v) is 22.1. The number of aliphatic imine (C=N–C) groups is 1. The van der Waals surface area contributed by atoms with Crippen LogP contribution < -0.4 is 10.6 Å². The third kappa shape index (κ3) is 6.46. The van der Waals surface area contributed by atoms with Crippen molar-refractivity contribution in [1.82, 2.24) is 9.88 Å².